The molecule has 10 heteroatoms. The summed E-state index contributed by atoms with van der Waals surface area (Å²) in [5.74, 6) is 1.11. The Morgan fingerprint density at radius 3 is 2.54 bits per heavy atom. The summed E-state index contributed by atoms with van der Waals surface area (Å²) in [4.78, 5) is 33.1. The van der Waals surface area contributed by atoms with Crippen molar-refractivity contribution in [2.24, 2.45) is 0 Å². The third kappa shape index (κ3) is 7.20. The number of nitrogens with one attached hydrogen (secondary N) is 3. The maximum absolute atomic E-state index is 13.2. The Labute approximate surface area is 252 Å². The summed E-state index contributed by atoms with van der Waals surface area (Å²) in [5.41, 5.74) is 3.90. The molecule has 1 amide bonds. The molecule has 0 atom stereocenters. The number of rotatable bonds is 10. The van der Waals surface area contributed by atoms with E-state index in [1.807, 2.05) is 36.4 Å². The number of hydrogen-bond acceptors (Lipinski definition) is 8. The molecule has 0 spiro atoms. The Balaban J connectivity index is 1.48. The Morgan fingerprint density at radius 1 is 0.976 bits per heavy atom. The molecule has 3 heterocycles. The Kier molecular flexibility index (Phi) is 9.11. The summed E-state index contributed by atoms with van der Waals surface area (Å²) < 4.78 is 0.838. The molecule has 5 rings (SSSR count). The van der Waals surface area contributed by atoms with Gasteiger partial charge in [-0.2, -0.15) is 0 Å². The van der Waals surface area contributed by atoms with Crippen LogP contribution in [0.25, 0.3) is 11.0 Å². The van der Waals surface area contributed by atoms with Crippen LogP contribution in [0.4, 0.5) is 23.0 Å². The molecule has 0 fully saturated rings. The molecule has 0 saturated carbocycles. The molecule has 5 aromatic rings. The van der Waals surface area contributed by atoms with E-state index < -0.39 is 0 Å². The van der Waals surface area contributed by atoms with Crippen LogP contribution in [-0.4, -0.2) is 32.4 Å². The monoisotopic (exact) mass is 627 g/mol. The highest BCUT2D eigenvalue weighted by atomic mass is 79.9. The quantitative estimate of drug-likeness (QED) is 0.142. The van der Waals surface area contributed by atoms with Crippen molar-refractivity contribution in [2.45, 2.75) is 42.9 Å². The van der Waals surface area contributed by atoms with E-state index in [2.05, 4.69) is 91.9 Å². The highest BCUT2D eigenvalue weighted by molar-refractivity contribution is 9.10. The number of hydrogen-bond donors (Lipinski definition) is 3. The molecule has 0 aliphatic heterocycles. The number of benzene rings is 2. The minimum Gasteiger partial charge on any atom is -0.385 e. The number of amides is 1. The second kappa shape index (κ2) is 13.1. The summed E-state index contributed by atoms with van der Waals surface area (Å²) >= 11 is 4.98. The zero-order valence-electron chi connectivity index (χ0n) is 23.0. The lowest BCUT2D eigenvalue weighted by molar-refractivity contribution is 0.102. The number of carbonyl (C=O) groups excluding carboxylic acids is 1. The summed E-state index contributed by atoms with van der Waals surface area (Å²) in [6.07, 6.45) is 4.21. The molecule has 0 aliphatic rings. The minimum absolute atomic E-state index is 0.262. The van der Waals surface area contributed by atoms with Crippen molar-refractivity contribution in [2.75, 3.05) is 22.5 Å². The van der Waals surface area contributed by atoms with Crippen LogP contribution in [0.2, 0.25) is 0 Å². The third-order valence-corrected chi connectivity index (χ3v) is 7.79. The molecular formula is C31H30BrN7OS. The zero-order chi connectivity index (χ0) is 28.8. The first-order valence-electron chi connectivity index (χ1n) is 13.4. The van der Waals surface area contributed by atoms with E-state index in [1.165, 1.54) is 6.33 Å². The number of nitrogens with zero attached hydrogens (tertiary/aromatic N) is 4. The number of carbonyl (C=O) groups is 1. The molecule has 2 aromatic carbocycles. The van der Waals surface area contributed by atoms with Gasteiger partial charge in [-0.15, -0.1) is 0 Å². The van der Waals surface area contributed by atoms with Crippen LogP contribution in [0.5, 0.6) is 0 Å². The predicted octanol–water partition coefficient (Wildman–Crippen LogP) is 8.27. The van der Waals surface area contributed by atoms with Crippen molar-refractivity contribution in [3.8, 4) is 0 Å². The fraction of sp³-hybridized carbons (Fsp3) is 0.194. The van der Waals surface area contributed by atoms with Gasteiger partial charge in [0.2, 0.25) is 0 Å². The molecule has 3 aromatic heterocycles. The molecule has 41 heavy (non-hydrogen) atoms. The van der Waals surface area contributed by atoms with Crippen molar-refractivity contribution in [1.29, 1.82) is 0 Å². The standard InChI is InChI=1S/C31H30BrN7OS/c1-4-15-33-22-7-9-23(10-8-22)41-27-13-5-20(31(40)39-28-14-6-21(32)17-34-28)16-26(27)38-30-24-11-12-25(19(2)3)37-29(24)35-18-36-30/h5-14,16-19,33H,4,15H2,1-3H3,(H,34,39,40)(H,35,36,37,38). The van der Waals surface area contributed by atoms with Gasteiger partial charge >= 0.3 is 0 Å². The fourth-order valence-corrected chi connectivity index (χ4v) is 5.16. The van der Waals surface area contributed by atoms with Crippen molar-refractivity contribution < 1.29 is 4.79 Å². The number of halogens is 1. The van der Waals surface area contributed by atoms with Crippen molar-refractivity contribution in [3.05, 3.63) is 95.0 Å². The minimum atomic E-state index is -0.262. The Bertz CT molecular complexity index is 1660. The summed E-state index contributed by atoms with van der Waals surface area (Å²) in [6.45, 7) is 7.28. The average Bonchev–Trinajstić information content (AvgIpc) is 2.98. The van der Waals surface area contributed by atoms with Gasteiger partial charge in [0.25, 0.3) is 5.91 Å². The van der Waals surface area contributed by atoms with Crippen molar-refractivity contribution >= 4 is 67.6 Å². The normalized spacial score (nSPS) is 11.0. The van der Waals surface area contributed by atoms with E-state index in [4.69, 9.17) is 4.98 Å². The van der Waals surface area contributed by atoms with Crippen molar-refractivity contribution in [3.63, 3.8) is 0 Å². The Hall–Kier alpha value is -4.02. The molecule has 0 saturated heterocycles. The molecular weight excluding hydrogens is 598 g/mol. The maximum atomic E-state index is 13.2. The van der Waals surface area contributed by atoms with E-state index in [1.54, 1.807) is 24.0 Å². The summed E-state index contributed by atoms with van der Waals surface area (Å²) in [5, 5.41) is 10.5. The van der Waals surface area contributed by atoms with E-state index in [-0.39, 0.29) is 11.8 Å². The van der Waals surface area contributed by atoms with Gasteiger partial charge in [-0.3, -0.25) is 4.79 Å². The molecule has 8 nitrogen and oxygen atoms in total. The average molecular weight is 629 g/mol. The van der Waals surface area contributed by atoms with Crippen LogP contribution in [0.15, 0.2) is 93.5 Å². The number of aromatic nitrogens is 4. The summed E-state index contributed by atoms with van der Waals surface area (Å²) in [6, 6.07) is 21.5. The van der Waals surface area contributed by atoms with E-state index in [0.717, 1.165) is 49.7 Å². The van der Waals surface area contributed by atoms with E-state index in [9.17, 15) is 4.79 Å². The third-order valence-electron chi connectivity index (χ3n) is 6.24. The van der Waals surface area contributed by atoms with Gasteiger partial charge in [0.05, 0.1) is 11.1 Å². The van der Waals surface area contributed by atoms with Crippen LogP contribution in [-0.2, 0) is 0 Å². The van der Waals surface area contributed by atoms with Crippen LogP contribution in [0.3, 0.4) is 0 Å². The lowest BCUT2D eigenvalue weighted by Gasteiger charge is -2.15. The van der Waals surface area contributed by atoms with Gasteiger partial charge in [0.15, 0.2) is 5.65 Å². The molecule has 208 valence electrons. The first-order chi connectivity index (χ1) is 19.9. The molecule has 3 N–H and O–H groups in total. The number of fused-ring (bicyclic) bond motifs is 1. The first kappa shape index (κ1) is 28.5. The largest absolute Gasteiger partial charge is 0.385 e. The maximum Gasteiger partial charge on any atom is 0.256 e. The lowest BCUT2D eigenvalue weighted by atomic mass is 10.1. The van der Waals surface area contributed by atoms with Gasteiger partial charge in [0, 0.05) is 44.0 Å². The topological polar surface area (TPSA) is 105 Å². The summed E-state index contributed by atoms with van der Waals surface area (Å²) in [7, 11) is 0. The van der Waals surface area contributed by atoms with E-state index >= 15 is 0 Å². The van der Waals surface area contributed by atoms with Gasteiger partial charge in [-0.05, 0) is 95.0 Å². The number of pyridine rings is 2. The van der Waals surface area contributed by atoms with Crippen LogP contribution in [0, 0.1) is 0 Å². The number of anilines is 4. The second-order valence-corrected chi connectivity index (χ2v) is 11.7. The molecule has 0 bridgehead atoms. The smallest absolute Gasteiger partial charge is 0.256 e. The fourth-order valence-electron chi connectivity index (χ4n) is 4.04. The SMILES string of the molecule is CCCNc1ccc(Sc2ccc(C(=O)Nc3ccc(Br)cn3)cc2Nc2ncnc3nc(C(C)C)ccc23)cc1. The van der Waals surface area contributed by atoms with Crippen LogP contribution >= 0.6 is 27.7 Å². The molecule has 0 radical (unpaired) electrons. The van der Waals surface area contributed by atoms with Gasteiger partial charge in [-0.1, -0.05) is 32.5 Å². The predicted molar refractivity (Wildman–Crippen MR) is 170 cm³/mol. The highest BCUT2D eigenvalue weighted by Crippen LogP contribution is 2.37. The molecule has 0 unspecified atom stereocenters. The van der Waals surface area contributed by atoms with Crippen molar-refractivity contribution in [1.82, 2.24) is 19.9 Å². The first-order valence-corrected chi connectivity index (χ1v) is 15.0. The van der Waals surface area contributed by atoms with Gasteiger partial charge in [-0.25, -0.2) is 19.9 Å². The van der Waals surface area contributed by atoms with E-state index in [0.29, 0.717) is 22.8 Å². The van der Waals surface area contributed by atoms with Gasteiger partial charge in [0.1, 0.15) is 18.0 Å². The molecule has 0 aliphatic carbocycles. The second-order valence-electron chi connectivity index (χ2n) is 9.69. The zero-order valence-corrected chi connectivity index (χ0v) is 25.4. The van der Waals surface area contributed by atoms with Crippen LogP contribution < -0.4 is 16.0 Å². The van der Waals surface area contributed by atoms with Gasteiger partial charge < -0.3 is 16.0 Å². The van der Waals surface area contributed by atoms with Crippen LogP contribution in [0.1, 0.15) is 49.2 Å². The highest BCUT2D eigenvalue weighted by Gasteiger charge is 2.15. The lowest BCUT2D eigenvalue weighted by Crippen LogP contribution is -2.13. The Morgan fingerprint density at radius 2 is 1.80 bits per heavy atom.